The Morgan fingerprint density at radius 1 is 1.13 bits per heavy atom. The van der Waals surface area contributed by atoms with Crippen LogP contribution in [0.1, 0.15) is 15.9 Å². The van der Waals surface area contributed by atoms with E-state index in [1.54, 1.807) is 31.4 Å². The third-order valence-electron chi connectivity index (χ3n) is 4.50. The number of sulfonamides is 1. The zero-order valence-electron chi connectivity index (χ0n) is 16.1. The average Bonchev–Trinajstić information content (AvgIpc) is 2.91. The van der Waals surface area contributed by atoms with Crippen molar-refractivity contribution in [3.63, 3.8) is 0 Å². The van der Waals surface area contributed by atoms with E-state index in [1.165, 1.54) is 24.3 Å². The second-order valence-electron chi connectivity index (χ2n) is 6.58. The monoisotopic (exact) mass is 505 g/mol. The average molecular weight is 507 g/mol. The number of alkyl halides is 3. The maximum atomic E-state index is 12.6. The van der Waals surface area contributed by atoms with E-state index in [9.17, 15) is 18.0 Å². The van der Waals surface area contributed by atoms with Gasteiger partial charge in [-0.2, -0.15) is 0 Å². The first kappa shape index (κ1) is 23.6. The minimum absolute atomic E-state index is 0.00542. The summed E-state index contributed by atoms with van der Waals surface area (Å²) in [6.07, 6.45) is -1.16. The van der Waals surface area contributed by atoms with Gasteiger partial charge in [0.25, 0.3) is 15.9 Å². The van der Waals surface area contributed by atoms with E-state index >= 15 is 0 Å². The second-order valence-corrected chi connectivity index (χ2v) is 10.8. The fourth-order valence-electron chi connectivity index (χ4n) is 2.94. The number of hydrogen-bond donors (Lipinski definition) is 2. The van der Waals surface area contributed by atoms with Crippen LogP contribution >= 0.6 is 34.8 Å². The van der Waals surface area contributed by atoms with Crippen LogP contribution in [0.15, 0.2) is 53.4 Å². The SMILES string of the molecule is COc1ccc(CN[C@H](NC(=O)CN2C(=O)c3ccccc3S2(=O)=O)C(Cl)(Cl)Cl)cc1. The Kier molecular flexibility index (Phi) is 7.02. The van der Waals surface area contributed by atoms with Crippen molar-refractivity contribution in [1.82, 2.24) is 14.9 Å². The lowest BCUT2D eigenvalue weighted by molar-refractivity contribution is -0.121. The van der Waals surface area contributed by atoms with E-state index in [1.807, 2.05) is 0 Å². The number of amides is 2. The summed E-state index contributed by atoms with van der Waals surface area (Å²) in [5.74, 6) is -0.932. The Morgan fingerprint density at radius 3 is 2.35 bits per heavy atom. The second kappa shape index (κ2) is 9.22. The summed E-state index contributed by atoms with van der Waals surface area (Å²) in [4.78, 5) is 24.8. The Bertz CT molecular complexity index is 1090. The van der Waals surface area contributed by atoms with Crippen LogP contribution in [-0.2, 0) is 21.4 Å². The molecule has 2 N–H and O–H groups in total. The summed E-state index contributed by atoms with van der Waals surface area (Å²) in [5, 5.41) is 5.33. The summed E-state index contributed by atoms with van der Waals surface area (Å²) in [5.41, 5.74) is 0.827. The minimum Gasteiger partial charge on any atom is -0.497 e. The van der Waals surface area contributed by atoms with E-state index in [4.69, 9.17) is 39.5 Å². The predicted molar refractivity (Wildman–Crippen MR) is 117 cm³/mol. The molecule has 166 valence electrons. The van der Waals surface area contributed by atoms with Gasteiger partial charge in [0.15, 0.2) is 0 Å². The number of fused-ring (bicyclic) bond motifs is 1. The fourth-order valence-corrected chi connectivity index (χ4v) is 4.86. The molecule has 2 aromatic rings. The molecule has 0 unspecified atom stereocenters. The summed E-state index contributed by atoms with van der Waals surface area (Å²) >= 11 is 17.9. The van der Waals surface area contributed by atoms with Crippen molar-refractivity contribution in [1.29, 1.82) is 0 Å². The molecule has 0 aliphatic carbocycles. The first-order valence-corrected chi connectivity index (χ1v) is 11.5. The number of nitrogens with zero attached hydrogens (tertiary/aromatic N) is 1. The highest BCUT2D eigenvalue weighted by atomic mass is 35.6. The lowest BCUT2D eigenvalue weighted by atomic mass is 10.2. The van der Waals surface area contributed by atoms with Crippen molar-refractivity contribution in [3.8, 4) is 5.75 Å². The van der Waals surface area contributed by atoms with Crippen molar-refractivity contribution < 1.29 is 22.7 Å². The Labute approximate surface area is 194 Å². The Balaban J connectivity index is 1.68. The zero-order chi connectivity index (χ0) is 22.8. The smallest absolute Gasteiger partial charge is 0.269 e. The molecule has 2 amide bonds. The zero-order valence-corrected chi connectivity index (χ0v) is 19.2. The van der Waals surface area contributed by atoms with Crippen LogP contribution in [0.4, 0.5) is 0 Å². The van der Waals surface area contributed by atoms with Gasteiger partial charge in [0, 0.05) is 6.54 Å². The first-order chi connectivity index (χ1) is 14.5. The van der Waals surface area contributed by atoms with Gasteiger partial charge in [-0.25, -0.2) is 12.7 Å². The molecule has 0 saturated carbocycles. The normalized spacial score (nSPS) is 16.0. The predicted octanol–water partition coefficient (Wildman–Crippen LogP) is 2.44. The van der Waals surface area contributed by atoms with Crippen LogP contribution in [0, 0.1) is 0 Å². The van der Waals surface area contributed by atoms with Gasteiger partial charge in [-0.1, -0.05) is 59.1 Å². The van der Waals surface area contributed by atoms with Gasteiger partial charge in [0.1, 0.15) is 23.4 Å². The molecule has 1 aliphatic heterocycles. The molecule has 1 aliphatic rings. The Hall–Kier alpha value is -2.04. The molecule has 3 rings (SSSR count). The summed E-state index contributed by atoms with van der Waals surface area (Å²) in [6.45, 7) is -0.521. The molecule has 0 bridgehead atoms. The highest BCUT2D eigenvalue weighted by Gasteiger charge is 2.42. The maximum absolute atomic E-state index is 12.6. The minimum atomic E-state index is -4.13. The van der Waals surface area contributed by atoms with Crippen LogP contribution in [0.2, 0.25) is 0 Å². The van der Waals surface area contributed by atoms with Crippen LogP contribution in [0.5, 0.6) is 5.75 Å². The summed E-state index contributed by atoms with van der Waals surface area (Å²) in [7, 11) is -2.58. The van der Waals surface area contributed by atoms with Gasteiger partial charge < -0.3 is 10.1 Å². The molecule has 31 heavy (non-hydrogen) atoms. The number of benzene rings is 2. The number of halogens is 3. The molecule has 8 nitrogen and oxygen atoms in total. The molecule has 0 spiro atoms. The van der Waals surface area contributed by atoms with Crippen molar-refractivity contribution >= 4 is 56.6 Å². The maximum Gasteiger partial charge on any atom is 0.269 e. The van der Waals surface area contributed by atoms with Crippen molar-refractivity contribution in [2.45, 2.75) is 21.4 Å². The molecular formula is C19H18Cl3N3O5S. The molecular weight excluding hydrogens is 489 g/mol. The quantitative estimate of drug-likeness (QED) is 0.441. The van der Waals surface area contributed by atoms with Gasteiger partial charge in [-0.15, -0.1) is 0 Å². The third kappa shape index (κ3) is 5.24. The lowest BCUT2D eigenvalue weighted by Gasteiger charge is -2.27. The number of nitrogens with one attached hydrogen (secondary N) is 2. The molecule has 0 radical (unpaired) electrons. The van der Waals surface area contributed by atoms with Crippen molar-refractivity contribution in [2.24, 2.45) is 0 Å². The third-order valence-corrected chi connectivity index (χ3v) is 6.94. The number of methoxy groups -OCH3 is 1. The topological polar surface area (TPSA) is 105 Å². The van der Waals surface area contributed by atoms with Crippen molar-refractivity contribution in [3.05, 3.63) is 59.7 Å². The van der Waals surface area contributed by atoms with E-state index < -0.39 is 38.3 Å². The number of ether oxygens (including phenoxy) is 1. The first-order valence-electron chi connectivity index (χ1n) is 8.92. The van der Waals surface area contributed by atoms with Gasteiger partial charge in [0.05, 0.1) is 12.7 Å². The highest BCUT2D eigenvalue weighted by Crippen LogP contribution is 2.31. The number of carbonyl (C=O) groups excluding carboxylic acids is 2. The molecule has 0 aromatic heterocycles. The molecule has 2 aromatic carbocycles. The summed E-state index contributed by atoms with van der Waals surface area (Å²) in [6, 6.07) is 12.8. The molecule has 1 heterocycles. The van der Waals surface area contributed by atoms with Gasteiger partial charge in [0.2, 0.25) is 9.70 Å². The molecule has 0 saturated heterocycles. The molecule has 1 atom stereocenters. The van der Waals surface area contributed by atoms with Crippen LogP contribution in [0.25, 0.3) is 0 Å². The number of carbonyl (C=O) groups is 2. The van der Waals surface area contributed by atoms with Gasteiger partial charge in [-0.3, -0.25) is 14.9 Å². The fraction of sp³-hybridized carbons (Fsp3) is 0.263. The largest absolute Gasteiger partial charge is 0.497 e. The molecule has 0 fully saturated rings. The van der Waals surface area contributed by atoms with Gasteiger partial charge >= 0.3 is 0 Å². The van der Waals surface area contributed by atoms with Crippen LogP contribution in [-0.4, -0.2) is 48.2 Å². The molecule has 12 heteroatoms. The van der Waals surface area contributed by atoms with E-state index in [-0.39, 0.29) is 17.0 Å². The van der Waals surface area contributed by atoms with Gasteiger partial charge in [-0.05, 0) is 29.8 Å². The van der Waals surface area contributed by atoms with Crippen LogP contribution in [0.3, 0.4) is 0 Å². The standard InChI is InChI=1S/C19H18Cl3N3O5S/c1-30-13-8-6-12(7-9-13)10-23-18(19(20,21)22)24-16(26)11-25-17(27)14-4-2-3-5-15(14)31(25,28)29/h2-9,18,23H,10-11H2,1H3,(H,24,26)/t18-/m1/s1. The van der Waals surface area contributed by atoms with Crippen molar-refractivity contribution in [2.75, 3.05) is 13.7 Å². The summed E-state index contributed by atoms with van der Waals surface area (Å²) < 4.78 is 28.8. The van der Waals surface area contributed by atoms with E-state index in [0.29, 0.717) is 10.1 Å². The lowest BCUT2D eigenvalue weighted by Crippen LogP contribution is -2.55. The highest BCUT2D eigenvalue weighted by molar-refractivity contribution is 7.90. The number of rotatable bonds is 7. The number of hydrogen-bond acceptors (Lipinski definition) is 6. The Morgan fingerprint density at radius 2 is 1.77 bits per heavy atom. The van der Waals surface area contributed by atoms with E-state index in [2.05, 4.69) is 10.6 Å². The van der Waals surface area contributed by atoms with E-state index in [0.717, 1.165) is 5.56 Å². The van der Waals surface area contributed by atoms with Crippen LogP contribution < -0.4 is 15.4 Å².